The highest BCUT2D eigenvalue weighted by atomic mass is 79.9. The van der Waals surface area contributed by atoms with Crippen LogP contribution < -0.4 is 0 Å². The van der Waals surface area contributed by atoms with E-state index >= 15 is 0 Å². The van der Waals surface area contributed by atoms with Crippen molar-refractivity contribution in [2.24, 2.45) is 5.41 Å². The highest BCUT2D eigenvalue weighted by Crippen LogP contribution is 2.32. The molecule has 1 heteroatoms. The van der Waals surface area contributed by atoms with E-state index in [4.69, 9.17) is 0 Å². The van der Waals surface area contributed by atoms with Gasteiger partial charge in [0.15, 0.2) is 0 Å². The van der Waals surface area contributed by atoms with Gasteiger partial charge in [0.2, 0.25) is 0 Å². The van der Waals surface area contributed by atoms with Gasteiger partial charge in [-0.1, -0.05) is 107 Å². The predicted octanol–water partition coefficient (Wildman–Crippen LogP) is 7.50. The molecule has 0 aromatic heterocycles. The molecular formula is C18H37Br. The van der Waals surface area contributed by atoms with Crippen LogP contribution in [0.3, 0.4) is 0 Å². The van der Waals surface area contributed by atoms with Crippen LogP contribution >= 0.6 is 15.9 Å². The average Bonchev–Trinajstić information content (AvgIpc) is 2.41. The van der Waals surface area contributed by atoms with Gasteiger partial charge < -0.3 is 0 Å². The van der Waals surface area contributed by atoms with Gasteiger partial charge in [-0.25, -0.2) is 0 Å². The Labute approximate surface area is 131 Å². The first-order valence-corrected chi connectivity index (χ1v) is 9.86. The molecule has 116 valence electrons. The summed E-state index contributed by atoms with van der Waals surface area (Å²) in [5, 5.41) is 1.17. The van der Waals surface area contributed by atoms with E-state index in [9.17, 15) is 0 Å². The van der Waals surface area contributed by atoms with Crippen molar-refractivity contribution in [2.75, 3.05) is 5.33 Å². The molecule has 1 atom stereocenters. The van der Waals surface area contributed by atoms with Gasteiger partial charge in [-0.2, -0.15) is 0 Å². The molecule has 0 radical (unpaired) electrons. The Hall–Kier alpha value is 0.480. The fourth-order valence-corrected chi connectivity index (χ4v) is 3.46. The van der Waals surface area contributed by atoms with Crippen LogP contribution in [-0.2, 0) is 0 Å². The van der Waals surface area contributed by atoms with Crippen molar-refractivity contribution < 1.29 is 0 Å². The van der Waals surface area contributed by atoms with Crippen molar-refractivity contribution >= 4 is 15.9 Å². The Balaban J connectivity index is 3.30. The summed E-state index contributed by atoms with van der Waals surface area (Å²) in [4.78, 5) is 0. The second-order valence-corrected chi connectivity index (χ2v) is 7.19. The molecule has 0 aromatic rings. The largest absolute Gasteiger partial charge is 0.0922 e. The van der Waals surface area contributed by atoms with Crippen molar-refractivity contribution in [3.05, 3.63) is 0 Å². The lowest BCUT2D eigenvalue weighted by Gasteiger charge is -2.26. The van der Waals surface area contributed by atoms with Crippen molar-refractivity contribution in [3.63, 3.8) is 0 Å². The van der Waals surface area contributed by atoms with Crippen molar-refractivity contribution in [2.45, 2.75) is 104 Å². The number of halogens is 1. The molecule has 0 bridgehead atoms. The van der Waals surface area contributed by atoms with Gasteiger partial charge in [0, 0.05) is 5.33 Å². The third-order valence-corrected chi connectivity index (χ3v) is 5.66. The summed E-state index contributed by atoms with van der Waals surface area (Å²) < 4.78 is 0. The zero-order valence-corrected chi connectivity index (χ0v) is 15.4. The topological polar surface area (TPSA) is 0 Å². The molecule has 0 saturated carbocycles. The van der Waals surface area contributed by atoms with E-state index in [1.807, 2.05) is 0 Å². The SMILES string of the molecule is CCCCCCCCCCCCC(C)(CBr)CCC. The first-order valence-electron chi connectivity index (χ1n) is 8.74. The minimum absolute atomic E-state index is 0.550. The minimum atomic E-state index is 0.550. The molecular weight excluding hydrogens is 296 g/mol. The van der Waals surface area contributed by atoms with Crippen LogP contribution in [0.2, 0.25) is 0 Å². The highest BCUT2D eigenvalue weighted by Gasteiger charge is 2.20. The summed E-state index contributed by atoms with van der Waals surface area (Å²) in [7, 11) is 0. The number of hydrogen-bond donors (Lipinski definition) is 0. The fraction of sp³-hybridized carbons (Fsp3) is 1.00. The van der Waals surface area contributed by atoms with E-state index < -0.39 is 0 Å². The summed E-state index contributed by atoms with van der Waals surface area (Å²) >= 11 is 3.70. The van der Waals surface area contributed by atoms with Crippen LogP contribution in [0.1, 0.15) is 104 Å². The van der Waals surface area contributed by atoms with E-state index in [1.165, 1.54) is 88.8 Å². The van der Waals surface area contributed by atoms with Gasteiger partial charge in [-0.15, -0.1) is 0 Å². The number of hydrogen-bond acceptors (Lipinski definition) is 0. The first kappa shape index (κ1) is 19.5. The highest BCUT2D eigenvalue weighted by molar-refractivity contribution is 9.09. The molecule has 0 nitrogen and oxygen atoms in total. The van der Waals surface area contributed by atoms with Gasteiger partial charge >= 0.3 is 0 Å². The second-order valence-electron chi connectivity index (χ2n) is 6.63. The lowest BCUT2D eigenvalue weighted by Crippen LogP contribution is -2.17. The molecule has 0 saturated heterocycles. The molecule has 0 aliphatic carbocycles. The maximum atomic E-state index is 3.70. The third-order valence-electron chi connectivity index (χ3n) is 4.31. The number of rotatable bonds is 14. The van der Waals surface area contributed by atoms with E-state index in [-0.39, 0.29) is 0 Å². The zero-order chi connectivity index (χ0) is 14.4. The van der Waals surface area contributed by atoms with Crippen LogP contribution in [0.5, 0.6) is 0 Å². The fourth-order valence-electron chi connectivity index (χ4n) is 2.90. The van der Waals surface area contributed by atoms with Crippen molar-refractivity contribution in [1.82, 2.24) is 0 Å². The van der Waals surface area contributed by atoms with Gasteiger partial charge in [0.1, 0.15) is 0 Å². The normalized spacial score (nSPS) is 14.5. The molecule has 0 N–H and O–H groups in total. The molecule has 19 heavy (non-hydrogen) atoms. The van der Waals surface area contributed by atoms with Crippen molar-refractivity contribution in [1.29, 1.82) is 0 Å². The Morgan fingerprint density at radius 1 is 0.632 bits per heavy atom. The Morgan fingerprint density at radius 3 is 1.53 bits per heavy atom. The summed E-state index contributed by atoms with van der Waals surface area (Å²) in [6, 6.07) is 0. The van der Waals surface area contributed by atoms with Gasteiger partial charge in [0.05, 0.1) is 0 Å². The summed E-state index contributed by atoms with van der Waals surface area (Å²) in [6.45, 7) is 7.04. The Bertz CT molecular complexity index is 179. The van der Waals surface area contributed by atoms with Crippen molar-refractivity contribution in [3.8, 4) is 0 Å². The van der Waals surface area contributed by atoms with E-state index in [2.05, 4.69) is 36.7 Å². The molecule has 0 spiro atoms. The van der Waals surface area contributed by atoms with Gasteiger partial charge in [0.25, 0.3) is 0 Å². The Morgan fingerprint density at radius 2 is 1.11 bits per heavy atom. The summed E-state index contributed by atoms with van der Waals surface area (Å²) in [6.07, 6.45) is 18.5. The van der Waals surface area contributed by atoms with E-state index in [0.29, 0.717) is 5.41 Å². The summed E-state index contributed by atoms with van der Waals surface area (Å²) in [5.41, 5.74) is 0.550. The number of alkyl halides is 1. The summed E-state index contributed by atoms with van der Waals surface area (Å²) in [5.74, 6) is 0. The molecule has 0 heterocycles. The van der Waals surface area contributed by atoms with Crippen LogP contribution in [0.4, 0.5) is 0 Å². The molecule has 0 aromatic carbocycles. The molecule has 1 unspecified atom stereocenters. The van der Waals surface area contributed by atoms with Crippen LogP contribution in [-0.4, -0.2) is 5.33 Å². The van der Waals surface area contributed by atoms with Crippen LogP contribution in [0, 0.1) is 5.41 Å². The van der Waals surface area contributed by atoms with Crippen LogP contribution in [0.25, 0.3) is 0 Å². The third kappa shape index (κ3) is 12.0. The zero-order valence-electron chi connectivity index (χ0n) is 13.8. The quantitative estimate of drug-likeness (QED) is 0.228. The molecule has 0 aliphatic heterocycles. The van der Waals surface area contributed by atoms with Gasteiger partial charge in [-0.05, 0) is 18.3 Å². The molecule has 0 rings (SSSR count). The lowest BCUT2D eigenvalue weighted by molar-refractivity contribution is 0.301. The lowest BCUT2D eigenvalue weighted by atomic mass is 9.82. The smallest absolute Gasteiger partial charge is 0.00853 e. The maximum Gasteiger partial charge on any atom is 0.00853 e. The van der Waals surface area contributed by atoms with Crippen LogP contribution in [0.15, 0.2) is 0 Å². The molecule has 0 aliphatic rings. The minimum Gasteiger partial charge on any atom is -0.0922 e. The second kappa shape index (κ2) is 13.5. The average molecular weight is 333 g/mol. The monoisotopic (exact) mass is 332 g/mol. The van der Waals surface area contributed by atoms with Gasteiger partial charge in [-0.3, -0.25) is 0 Å². The number of unbranched alkanes of at least 4 members (excludes halogenated alkanes) is 9. The standard InChI is InChI=1S/C18H37Br/c1-4-6-7-8-9-10-11-12-13-14-16-18(3,17-19)15-5-2/h4-17H2,1-3H3. The van der Waals surface area contributed by atoms with E-state index in [1.54, 1.807) is 0 Å². The molecule has 0 amide bonds. The van der Waals surface area contributed by atoms with E-state index in [0.717, 1.165) is 0 Å². The maximum absolute atomic E-state index is 3.70. The Kier molecular flexibility index (Phi) is 13.8. The first-order chi connectivity index (χ1) is 9.18. The predicted molar refractivity (Wildman–Crippen MR) is 93.3 cm³/mol. The molecule has 0 fully saturated rings.